The second-order valence-corrected chi connectivity index (χ2v) is 3.38. The monoisotopic (exact) mass is 226 g/mol. The van der Waals surface area contributed by atoms with Crippen LogP contribution in [0.15, 0.2) is 30.3 Å². The van der Waals surface area contributed by atoms with Gasteiger partial charge in [0, 0.05) is 0 Å². The molecule has 2 rings (SSSR count). The van der Waals surface area contributed by atoms with E-state index in [0.717, 1.165) is 6.54 Å². The maximum Gasteiger partial charge on any atom is 1.00 e. The first-order valence-electron chi connectivity index (χ1n) is 4.94. The summed E-state index contributed by atoms with van der Waals surface area (Å²) in [6.07, 6.45) is 2.64. The van der Waals surface area contributed by atoms with E-state index in [9.17, 15) is 0 Å². The molecule has 1 saturated heterocycles. The minimum atomic E-state index is 0. The zero-order valence-corrected chi connectivity index (χ0v) is 12.6. The van der Waals surface area contributed by atoms with Gasteiger partial charge in [-0.05, 0) is 12.1 Å². The van der Waals surface area contributed by atoms with Crippen molar-refractivity contribution in [2.24, 2.45) is 0 Å². The third kappa shape index (κ3) is 7.23. The number of hydrogen-bond acceptors (Lipinski definition) is 1. The fourth-order valence-electron chi connectivity index (χ4n) is 1.30. The Kier molecular flexibility index (Phi) is 9.72. The van der Waals surface area contributed by atoms with Crippen LogP contribution < -0.4 is 51.4 Å². The van der Waals surface area contributed by atoms with Crippen molar-refractivity contribution < 1.29 is 51.4 Å². The van der Waals surface area contributed by atoms with E-state index in [4.69, 9.17) is 5.26 Å². The van der Waals surface area contributed by atoms with Crippen LogP contribution in [-0.4, -0.2) is 12.6 Å². The van der Waals surface area contributed by atoms with Crippen molar-refractivity contribution in [3.8, 4) is 6.07 Å². The molecule has 1 heterocycles. The quantitative estimate of drug-likeness (QED) is 0.578. The molecular formula is C12H15KN2. The molecule has 0 amide bonds. The second-order valence-electron chi connectivity index (χ2n) is 3.38. The van der Waals surface area contributed by atoms with E-state index < -0.39 is 0 Å². The first-order chi connectivity index (χ1) is 6.83. The first-order valence-corrected chi connectivity index (χ1v) is 4.94. The number of nitrogens with zero attached hydrogens (tertiary/aromatic N) is 2. The molecule has 3 heteroatoms. The van der Waals surface area contributed by atoms with Crippen molar-refractivity contribution in [3.63, 3.8) is 0 Å². The Labute approximate surface area is 134 Å². The maximum atomic E-state index is 8.29. The van der Waals surface area contributed by atoms with Gasteiger partial charge in [-0.3, -0.25) is 0 Å². The Morgan fingerprint density at radius 2 is 2.00 bits per heavy atom. The van der Waals surface area contributed by atoms with Crippen LogP contribution in [-0.2, 0) is 0 Å². The average Bonchev–Trinajstić information content (AvgIpc) is 2.71. The van der Waals surface area contributed by atoms with Crippen molar-refractivity contribution in [2.75, 3.05) is 6.54 Å². The van der Waals surface area contributed by atoms with Crippen molar-refractivity contribution in [1.82, 2.24) is 0 Å². The van der Waals surface area contributed by atoms with Crippen molar-refractivity contribution in [1.29, 1.82) is 5.26 Å². The normalized spacial score (nSPS) is 18.0. The Morgan fingerprint density at radius 3 is 2.27 bits per heavy atom. The Hall–Kier alpha value is 0.306. The van der Waals surface area contributed by atoms with Gasteiger partial charge in [-0.15, -0.1) is 12.6 Å². The molecule has 0 aliphatic carbocycles. The van der Waals surface area contributed by atoms with Crippen LogP contribution in [0.25, 0.3) is 5.32 Å². The van der Waals surface area contributed by atoms with Gasteiger partial charge in [0.1, 0.15) is 0 Å². The van der Waals surface area contributed by atoms with E-state index in [0.29, 0.717) is 11.6 Å². The number of nitriles is 1. The van der Waals surface area contributed by atoms with E-state index in [2.05, 4.69) is 12.2 Å². The molecule has 0 spiro atoms. The standard InChI is InChI=1S/C7H5N.C5H10N.K/c8-6-7-4-2-1-3-5-7;1-5-3-2-4-6-5;/h1-5H;5H,2-4H2,1H3;/q;-1;+1. The predicted molar refractivity (Wildman–Crippen MR) is 58.1 cm³/mol. The van der Waals surface area contributed by atoms with Gasteiger partial charge in [0.25, 0.3) is 0 Å². The third-order valence-corrected chi connectivity index (χ3v) is 2.12. The molecule has 15 heavy (non-hydrogen) atoms. The topological polar surface area (TPSA) is 37.9 Å². The molecule has 1 aromatic rings. The minimum absolute atomic E-state index is 0. The van der Waals surface area contributed by atoms with Crippen LogP contribution in [0.4, 0.5) is 0 Å². The molecule has 1 aliphatic rings. The summed E-state index contributed by atoms with van der Waals surface area (Å²) < 4.78 is 0. The largest absolute Gasteiger partial charge is 1.00 e. The summed E-state index contributed by atoms with van der Waals surface area (Å²) in [4.78, 5) is 0. The van der Waals surface area contributed by atoms with E-state index in [1.165, 1.54) is 12.8 Å². The van der Waals surface area contributed by atoms with Gasteiger partial charge in [0.05, 0.1) is 11.6 Å². The maximum absolute atomic E-state index is 8.29. The molecule has 1 unspecified atom stereocenters. The molecular weight excluding hydrogens is 211 g/mol. The van der Waals surface area contributed by atoms with Crippen LogP contribution >= 0.6 is 0 Å². The Balaban J connectivity index is 0.000000253. The fourth-order valence-corrected chi connectivity index (χ4v) is 1.30. The minimum Gasteiger partial charge on any atom is -0.660 e. The summed E-state index contributed by atoms with van der Waals surface area (Å²) in [5, 5.41) is 12.5. The molecule has 0 bridgehead atoms. The van der Waals surface area contributed by atoms with E-state index in [1.807, 2.05) is 24.3 Å². The number of rotatable bonds is 0. The summed E-state index contributed by atoms with van der Waals surface area (Å²) in [6, 6.07) is 11.8. The molecule has 0 N–H and O–H groups in total. The first kappa shape index (κ1) is 15.3. The molecule has 1 aromatic carbocycles. The molecule has 1 atom stereocenters. The van der Waals surface area contributed by atoms with Gasteiger partial charge in [-0.1, -0.05) is 38.0 Å². The summed E-state index contributed by atoms with van der Waals surface area (Å²) in [5.41, 5.74) is 0.715. The zero-order valence-electron chi connectivity index (χ0n) is 9.48. The predicted octanol–water partition coefficient (Wildman–Crippen LogP) is 0.105. The van der Waals surface area contributed by atoms with Gasteiger partial charge >= 0.3 is 51.4 Å². The van der Waals surface area contributed by atoms with Gasteiger partial charge < -0.3 is 5.32 Å². The van der Waals surface area contributed by atoms with E-state index >= 15 is 0 Å². The molecule has 1 fully saturated rings. The van der Waals surface area contributed by atoms with E-state index in [1.54, 1.807) is 12.1 Å². The smallest absolute Gasteiger partial charge is 0.660 e. The summed E-state index contributed by atoms with van der Waals surface area (Å²) >= 11 is 0. The van der Waals surface area contributed by atoms with Gasteiger partial charge in [-0.2, -0.15) is 5.26 Å². The Morgan fingerprint density at radius 1 is 1.33 bits per heavy atom. The molecule has 74 valence electrons. The van der Waals surface area contributed by atoms with Gasteiger partial charge in [0.2, 0.25) is 0 Å². The van der Waals surface area contributed by atoms with Crippen LogP contribution in [0, 0.1) is 11.3 Å². The number of benzene rings is 1. The average molecular weight is 226 g/mol. The summed E-state index contributed by atoms with van der Waals surface area (Å²) in [7, 11) is 0. The van der Waals surface area contributed by atoms with Crippen molar-refractivity contribution in [2.45, 2.75) is 25.8 Å². The van der Waals surface area contributed by atoms with Gasteiger partial charge in [-0.25, -0.2) is 0 Å². The van der Waals surface area contributed by atoms with Crippen molar-refractivity contribution >= 4 is 0 Å². The summed E-state index contributed by atoms with van der Waals surface area (Å²) in [6.45, 7) is 3.29. The molecule has 0 radical (unpaired) electrons. The molecule has 0 aromatic heterocycles. The van der Waals surface area contributed by atoms with Crippen LogP contribution in [0.5, 0.6) is 0 Å². The summed E-state index contributed by atoms with van der Waals surface area (Å²) in [5.74, 6) is 0. The molecule has 0 saturated carbocycles. The second kappa shape index (κ2) is 9.53. The fraction of sp³-hybridized carbons (Fsp3) is 0.417. The molecule has 1 aliphatic heterocycles. The van der Waals surface area contributed by atoms with Crippen LogP contribution in [0.3, 0.4) is 0 Å². The molecule has 2 nitrogen and oxygen atoms in total. The van der Waals surface area contributed by atoms with Crippen LogP contribution in [0.2, 0.25) is 0 Å². The van der Waals surface area contributed by atoms with E-state index in [-0.39, 0.29) is 51.4 Å². The van der Waals surface area contributed by atoms with Crippen molar-refractivity contribution in [3.05, 3.63) is 41.2 Å². The SMILES string of the molecule is CC1CCC[N-]1.N#Cc1ccccc1.[K+]. The number of hydrogen-bond donors (Lipinski definition) is 0. The Bertz CT molecular complexity index is 286. The van der Waals surface area contributed by atoms with Crippen LogP contribution in [0.1, 0.15) is 25.3 Å². The third-order valence-electron chi connectivity index (χ3n) is 2.12. The zero-order chi connectivity index (χ0) is 10.2. The van der Waals surface area contributed by atoms with Gasteiger partial charge in [0.15, 0.2) is 0 Å².